The molecule has 1 amide bonds. The third-order valence-corrected chi connectivity index (χ3v) is 5.75. The number of benzene rings is 3. The second-order valence-corrected chi connectivity index (χ2v) is 8.78. The van der Waals surface area contributed by atoms with Crippen LogP contribution in [0.5, 0.6) is 5.75 Å². The highest BCUT2D eigenvalue weighted by Gasteiger charge is 2.13. The van der Waals surface area contributed by atoms with Crippen molar-refractivity contribution in [2.75, 3.05) is 11.9 Å². The van der Waals surface area contributed by atoms with Gasteiger partial charge in [0, 0.05) is 22.8 Å². The average Bonchev–Trinajstić information content (AvgIpc) is 2.78. The van der Waals surface area contributed by atoms with E-state index in [2.05, 4.69) is 43.2 Å². The van der Waals surface area contributed by atoms with E-state index in [-0.39, 0.29) is 18.2 Å². The van der Waals surface area contributed by atoms with E-state index in [1.165, 1.54) is 24.3 Å². The maximum absolute atomic E-state index is 12.2. The Bertz CT molecular complexity index is 1250. The normalized spacial score (nSPS) is 10.9. The number of nitrogens with zero attached hydrogens (tertiary/aromatic N) is 2. The first-order valence-corrected chi connectivity index (χ1v) is 11.3. The van der Waals surface area contributed by atoms with Crippen molar-refractivity contribution in [3.8, 4) is 11.8 Å². The van der Waals surface area contributed by atoms with Gasteiger partial charge in [-0.1, -0.05) is 11.6 Å². The summed E-state index contributed by atoms with van der Waals surface area (Å²) in [5.74, 6) is 0.0808. The summed E-state index contributed by atoms with van der Waals surface area (Å²) in [5, 5.41) is 23.6. The zero-order valence-electron chi connectivity index (χ0n) is 16.7. The first-order chi connectivity index (χ1) is 15.8. The molecule has 0 saturated heterocycles. The summed E-state index contributed by atoms with van der Waals surface area (Å²) >= 11 is 12.7. The molecule has 166 valence electrons. The first kappa shape index (κ1) is 24.5. The Kier molecular flexibility index (Phi) is 8.22. The predicted molar refractivity (Wildman–Crippen MR) is 134 cm³/mol. The monoisotopic (exact) mass is 589 g/mol. The number of nitro groups is 1. The fourth-order valence-electron chi connectivity index (χ4n) is 2.78. The molecule has 0 heterocycles. The molecule has 0 atom stereocenters. The molecule has 0 bridgehead atoms. The van der Waals surface area contributed by atoms with Crippen molar-refractivity contribution in [3.05, 3.63) is 95.9 Å². The highest BCUT2D eigenvalue weighted by atomic mass is 79.9. The average molecular weight is 592 g/mol. The van der Waals surface area contributed by atoms with E-state index in [0.29, 0.717) is 42.1 Å². The Morgan fingerprint density at radius 3 is 2.27 bits per heavy atom. The van der Waals surface area contributed by atoms with Gasteiger partial charge in [-0.2, -0.15) is 5.26 Å². The maximum Gasteiger partial charge on any atom is 0.269 e. The molecule has 3 rings (SSSR count). The molecular formula is C23H14Br2ClN3O4. The largest absolute Gasteiger partial charge is 0.481 e. The molecule has 0 aromatic heterocycles. The number of carbonyl (C=O) groups excluding carboxylic acids is 1. The molecule has 0 radical (unpaired) electrons. The number of amides is 1. The second-order valence-electron chi connectivity index (χ2n) is 6.63. The minimum Gasteiger partial charge on any atom is -0.481 e. The van der Waals surface area contributed by atoms with Crippen LogP contribution in [0.25, 0.3) is 11.6 Å². The highest BCUT2D eigenvalue weighted by molar-refractivity contribution is 9.11. The Morgan fingerprint density at radius 1 is 1.12 bits per heavy atom. The molecule has 0 saturated carbocycles. The van der Waals surface area contributed by atoms with Crippen molar-refractivity contribution in [2.45, 2.75) is 0 Å². The number of non-ortho nitro benzene ring substituents is 1. The van der Waals surface area contributed by atoms with E-state index in [1.54, 1.807) is 42.5 Å². The van der Waals surface area contributed by atoms with Crippen molar-refractivity contribution in [1.29, 1.82) is 5.26 Å². The Labute approximate surface area is 211 Å². The van der Waals surface area contributed by atoms with E-state index in [9.17, 15) is 20.2 Å². The lowest BCUT2D eigenvalue weighted by Gasteiger charge is -2.12. The lowest BCUT2D eigenvalue weighted by molar-refractivity contribution is -0.384. The molecule has 0 spiro atoms. The molecule has 3 aromatic carbocycles. The number of nitrogens with one attached hydrogen (secondary N) is 1. The quantitative estimate of drug-likeness (QED) is 0.140. The van der Waals surface area contributed by atoms with Gasteiger partial charge in [-0.05, 0) is 97.6 Å². The summed E-state index contributed by atoms with van der Waals surface area (Å²) in [6.45, 7) is -0.221. The number of hydrogen-bond donors (Lipinski definition) is 1. The van der Waals surface area contributed by atoms with Crippen LogP contribution in [-0.2, 0) is 4.79 Å². The van der Waals surface area contributed by atoms with Crippen LogP contribution in [0.4, 0.5) is 11.4 Å². The summed E-state index contributed by atoms with van der Waals surface area (Å²) in [5.41, 5.74) is 2.11. The van der Waals surface area contributed by atoms with Crippen LogP contribution < -0.4 is 10.1 Å². The number of nitriles is 1. The van der Waals surface area contributed by atoms with Gasteiger partial charge in [0.2, 0.25) is 0 Å². The molecule has 33 heavy (non-hydrogen) atoms. The molecule has 0 fully saturated rings. The SMILES string of the molecule is N#C/C(=C\c1cc(Br)c(OCC(=O)Nc2ccc(Cl)cc2)c(Br)c1)c1ccc([N+](=O)[O-])cc1. The molecule has 1 N–H and O–H groups in total. The zero-order valence-corrected chi connectivity index (χ0v) is 20.6. The summed E-state index contributed by atoms with van der Waals surface area (Å²) < 4.78 is 6.80. The van der Waals surface area contributed by atoms with E-state index in [0.717, 1.165) is 0 Å². The van der Waals surface area contributed by atoms with Gasteiger partial charge in [-0.3, -0.25) is 14.9 Å². The summed E-state index contributed by atoms with van der Waals surface area (Å²) in [7, 11) is 0. The smallest absolute Gasteiger partial charge is 0.269 e. The van der Waals surface area contributed by atoms with Crippen LogP contribution in [0.15, 0.2) is 69.6 Å². The van der Waals surface area contributed by atoms with Crippen LogP contribution in [0.1, 0.15) is 11.1 Å². The maximum atomic E-state index is 12.2. The number of rotatable bonds is 7. The fourth-order valence-corrected chi connectivity index (χ4v) is 4.36. The van der Waals surface area contributed by atoms with Gasteiger partial charge in [0.15, 0.2) is 6.61 Å². The second kappa shape index (κ2) is 11.1. The van der Waals surface area contributed by atoms with Crippen LogP contribution in [0, 0.1) is 21.4 Å². The molecule has 3 aromatic rings. The summed E-state index contributed by atoms with van der Waals surface area (Å²) in [6, 6.07) is 18.0. The van der Waals surface area contributed by atoms with E-state index in [1.807, 2.05) is 0 Å². The molecule has 0 aliphatic rings. The Hall–Kier alpha value is -3.19. The number of hydrogen-bond acceptors (Lipinski definition) is 5. The number of halogens is 3. The van der Waals surface area contributed by atoms with Crippen LogP contribution >= 0.6 is 43.5 Å². The van der Waals surface area contributed by atoms with Crippen molar-refractivity contribution in [1.82, 2.24) is 0 Å². The standard InChI is InChI=1S/C23H14Br2ClN3O4/c24-20-10-14(9-16(12-27)15-1-7-19(8-2-15)29(31)32)11-21(25)23(20)33-13-22(30)28-18-5-3-17(26)4-6-18/h1-11H,13H2,(H,28,30)/b16-9+. The molecule has 10 heteroatoms. The predicted octanol–water partition coefficient (Wildman–Crippen LogP) is 6.85. The molecular weight excluding hydrogens is 578 g/mol. The fraction of sp³-hybridized carbons (Fsp3) is 0.0435. The molecule has 0 aliphatic carbocycles. The first-order valence-electron chi connectivity index (χ1n) is 9.30. The topological polar surface area (TPSA) is 105 Å². The van der Waals surface area contributed by atoms with Crippen molar-refractivity contribution in [3.63, 3.8) is 0 Å². The molecule has 0 aliphatic heterocycles. The van der Waals surface area contributed by atoms with Crippen LogP contribution in [0.2, 0.25) is 5.02 Å². The molecule has 0 unspecified atom stereocenters. The van der Waals surface area contributed by atoms with Crippen LogP contribution in [-0.4, -0.2) is 17.4 Å². The van der Waals surface area contributed by atoms with E-state index < -0.39 is 4.92 Å². The van der Waals surface area contributed by atoms with Crippen molar-refractivity contribution in [2.24, 2.45) is 0 Å². The third-order valence-electron chi connectivity index (χ3n) is 4.32. The minimum atomic E-state index is -0.498. The van der Waals surface area contributed by atoms with Crippen molar-refractivity contribution >= 4 is 72.4 Å². The van der Waals surface area contributed by atoms with E-state index in [4.69, 9.17) is 16.3 Å². The van der Waals surface area contributed by atoms with Gasteiger partial charge in [-0.15, -0.1) is 0 Å². The number of allylic oxidation sites excluding steroid dienone is 1. The van der Waals surface area contributed by atoms with Gasteiger partial charge in [-0.25, -0.2) is 0 Å². The number of nitro benzene ring substituents is 1. The third kappa shape index (κ3) is 6.65. The lowest BCUT2D eigenvalue weighted by atomic mass is 10.0. The summed E-state index contributed by atoms with van der Waals surface area (Å²) in [6.07, 6.45) is 1.65. The van der Waals surface area contributed by atoms with E-state index >= 15 is 0 Å². The van der Waals surface area contributed by atoms with Gasteiger partial charge in [0.05, 0.1) is 25.5 Å². The number of anilines is 1. The number of carbonyl (C=O) groups is 1. The van der Waals surface area contributed by atoms with Gasteiger partial charge >= 0.3 is 0 Å². The number of ether oxygens (including phenoxy) is 1. The van der Waals surface area contributed by atoms with Gasteiger partial charge < -0.3 is 10.1 Å². The highest BCUT2D eigenvalue weighted by Crippen LogP contribution is 2.36. The van der Waals surface area contributed by atoms with Gasteiger partial charge in [0.1, 0.15) is 5.75 Å². The van der Waals surface area contributed by atoms with Gasteiger partial charge in [0.25, 0.3) is 11.6 Å². The zero-order chi connectivity index (χ0) is 24.0. The van der Waals surface area contributed by atoms with Crippen LogP contribution in [0.3, 0.4) is 0 Å². The Balaban J connectivity index is 1.73. The minimum absolute atomic E-state index is 0.0527. The van der Waals surface area contributed by atoms with Crippen molar-refractivity contribution < 1.29 is 14.5 Å². The lowest BCUT2D eigenvalue weighted by Crippen LogP contribution is -2.20. The summed E-state index contributed by atoms with van der Waals surface area (Å²) in [4.78, 5) is 22.5. The Morgan fingerprint density at radius 2 is 1.73 bits per heavy atom. The molecule has 7 nitrogen and oxygen atoms in total.